The second-order valence-electron chi connectivity index (χ2n) is 4.86. The number of rotatable bonds is 4. The molecule has 0 radical (unpaired) electrons. The van der Waals surface area contributed by atoms with Crippen LogP contribution in [0.3, 0.4) is 0 Å². The quantitative estimate of drug-likeness (QED) is 0.865. The number of nitrogens with zero attached hydrogens (tertiary/aromatic N) is 1. The molecule has 1 aromatic heterocycles. The van der Waals surface area contributed by atoms with Crippen molar-refractivity contribution in [3.8, 4) is 5.75 Å². The molecule has 0 aliphatic carbocycles. The molecular weight excluding hydrogens is 312 g/mol. The predicted octanol–water partition coefficient (Wildman–Crippen LogP) is 3.88. The Morgan fingerprint density at radius 3 is 2.70 bits per heavy atom. The Kier molecular flexibility index (Phi) is 4.52. The summed E-state index contributed by atoms with van der Waals surface area (Å²) in [5.41, 5.74) is 0.756. The number of ether oxygens (including phenoxy) is 1. The lowest BCUT2D eigenvalue weighted by Crippen LogP contribution is -2.19. The van der Waals surface area contributed by atoms with Gasteiger partial charge in [0.15, 0.2) is 5.17 Å². The minimum absolute atomic E-state index is 0.172. The molecule has 23 heavy (non-hydrogen) atoms. The largest absolute Gasteiger partial charge is 0.494 e. The number of benzene rings is 1. The second kappa shape index (κ2) is 6.75. The molecule has 0 spiro atoms. The molecule has 1 aliphatic rings. The smallest absolute Gasteiger partial charge is 0.264 e. The Bertz CT molecular complexity index is 775. The van der Waals surface area contributed by atoms with E-state index >= 15 is 0 Å². The highest BCUT2D eigenvalue weighted by Gasteiger charge is 2.24. The highest BCUT2D eigenvalue weighted by atomic mass is 32.2. The molecule has 1 N–H and O–H groups in total. The molecule has 0 saturated carbocycles. The summed E-state index contributed by atoms with van der Waals surface area (Å²) in [5.74, 6) is 2.09. The van der Waals surface area contributed by atoms with Crippen molar-refractivity contribution in [1.82, 2.24) is 5.32 Å². The molecule has 1 aliphatic heterocycles. The van der Waals surface area contributed by atoms with Gasteiger partial charge < -0.3 is 14.5 Å². The van der Waals surface area contributed by atoms with Crippen LogP contribution in [-0.4, -0.2) is 17.7 Å². The van der Waals surface area contributed by atoms with Gasteiger partial charge in [-0.15, -0.1) is 0 Å². The van der Waals surface area contributed by atoms with Crippen LogP contribution >= 0.6 is 11.8 Å². The zero-order valence-corrected chi connectivity index (χ0v) is 13.6. The predicted molar refractivity (Wildman–Crippen MR) is 91.9 cm³/mol. The van der Waals surface area contributed by atoms with Crippen LogP contribution < -0.4 is 10.1 Å². The van der Waals surface area contributed by atoms with Gasteiger partial charge in [-0.25, -0.2) is 4.99 Å². The van der Waals surface area contributed by atoms with Crippen LogP contribution in [0.5, 0.6) is 5.75 Å². The number of hydrogen-bond acceptors (Lipinski definition) is 5. The first-order chi connectivity index (χ1) is 11.1. The van der Waals surface area contributed by atoms with Crippen LogP contribution in [0, 0.1) is 6.92 Å². The summed E-state index contributed by atoms with van der Waals surface area (Å²) in [5, 5.41) is 3.30. The monoisotopic (exact) mass is 328 g/mol. The number of nitrogens with one attached hydrogen (secondary N) is 1. The van der Waals surface area contributed by atoms with Gasteiger partial charge in [0.2, 0.25) is 0 Å². The fraction of sp³-hybridized carbons (Fsp3) is 0.176. The van der Waals surface area contributed by atoms with E-state index < -0.39 is 0 Å². The second-order valence-corrected chi connectivity index (χ2v) is 5.89. The van der Waals surface area contributed by atoms with Crippen molar-refractivity contribution in [1.29, 1.82) is 0 Å². The van der Waals surface area contributed by atoms with Crippen molar-refractivity contribution in [2.45, 2.75) is 13.8 Å². The number of aliphatic imine (C=N–C) groups is 1. The molecule has 1 saturated heterocycles. The summed E-state index contributed by atoms with van der Waals surface area (Å²) in [7, 11) is 0. The molecule has 2 aromatic rings. The van der Waals surface area contributed by atoms with Crippen LogP contribution in [-0.2, 0) is 4.79 Å². The van der Waals surface area contributed by atoms with E-state index in [1.54, 1.807) is 6.08 Å². The first-order valence-electron chi connectivity index (χ1n) is 7.23. The third kappa shape index (κ3) is 3.84. The van der Waals surface area contributed by atoms with E-state index in [0.717, 1.165) is 17.2 Å². The van der Waals surface area contributed by atoms with Crippen LogP contribution in [0.25, 0.3) is 6.08 Å². The van der Waals surface area contributed by atoms with Gasteiger partial charge in [-0.05, 0) is 62.0 Å². The minimum atomic E-state index is -0.172. The molecule has 5 nitrogen and oxygen atoms in total. The molecule has 0 bridgehead atoms. The summed E-state index contributed by atoms with van der Waals surface area (Å²) in [6, 6.07) is 11.1. The molecule has 1 fully saturated rings. The molecule has 1 aromatic carbocycles. The molecule has 118 valence electrons. The molecule has 0 unspecified atom stereocenters. The lowest BCUT2D eigenvalue weighted by Gasteiger charge is -2.02. The number of amidine groups is 1. The van der Waals surface area contributed by atoms with Gasteiger partial charge in [0.1, 0.15) is 17.3 Å². The number of carbonyl (C=O) groups is 1. The van der Waals surface area contributed by atoms with Gasteiger partial charge in [0.05, 0.1) is 17.2 Å². The number of aryl methyl sites for hydroxylation is 1. The Balaban J connectivity index is 1.75. The third-order valence-corrected chi connectivity index (χ3v) is 3.97. The minimum Gasteiger partial charge on any atom is -0.494 e. The van der Waals surface area contributed by atoms with Gasteiger partial charge in [-0.3, -0.25) is 4.79 Å². The van der Waals surface area contributed by atoms with E-state index in [1.807, 2.05) is 50.2 Å². The first-order valence-corrected chi connectivity index (χ1v) is 8.04. The molecular formula is C17H16N2O3S. The Labute approximate surface area is 138 Å². The Morgan fingerprint density at radius 1 is 1.26 bits per heavy atom. The molecule has 2 heterocycles. The molecule has 6 heteroatoms. The summed E-state index contributed by atoms with van der Waals surface area (Å²) in [4.78, 5) is 17.0. The summed E-state index contributed by atoms with van der Waals surface area (Å²) >= 11 is 1.29. The van der Waals surface area contributed by atoms with Crippen LogP contribution in [0.4, 0.5) is 5.69 Å². The lowest BCUT2D eigenvalue weighted by molar-refractivity contribution is -0.115. The Morgan fingerprint density at radius 2 is 2.04 bits per heavy atom. The average Bonchev–Trinajstić information content (AvgIpc) is 3.08. The maximum Gasteiger partial charge on any atom is 0.264 e. The van der Waals surface area contributed by atoms with Crippen molar-refractivity contribution in [2.75, 3.05) is 6.61 Å². The number of amides is 1. The number of furan rings is 1. The number of hydrogen-bond donors (Lipinski definition) is 1. The van der Waals surface area contributed by atoms with Crippen molar-refractivity contribution in [3.63, 3.8) is 0 Å². The van der Waals surface area contributed by atoms with Crippen molar-refractivity contribution < 1.29 is 13.9 Å². The SMILES string of the molecule is CCOc1ccc(N=C2NC(=O)/C(=C/c3ccc(C)o3)S2)cc1. The van der Waals surface area contributed by atoms with E-state index in [1.165, 1.54) is 11.8 Å². The van der Waals surface area contributed by atoms with Gasteiger partial charge >= 0.3 is 0 Å². The molecule has 0 atom stereocenters. The average molecular weight is 328 g/mol. The third-order valence-electron chi connectivity index (χ3n) is 3.06. The fourth-order valence-electron chi connectivity index (χ4n) is 2.04. The molecule has 1 amide bonds. The van der Waals surface area contributed by atoms with Gasteiger partial charge in [-0.1, -0.05) is 0 Å². The zero-order chi connectivity index (χ0) is 16.2. The maximum absolute atomic E-state index is 12.0. The standard InChI is InChI=1S/C17H16N2O3S/c1-3-21-13-8-5-12(6-9-13)18-17-19-16(20)15(23-17)10-14-7-4-11(2)22-14/h4-10H,3H2,1-2H3,(H,18,19,20)/b15-10-. The van der Waals surface area contributed by atoms with Crippen LogP contribution in [0.15, 0.2) is 50.7 Å². The van der Waals surface area contributed by atoms with Crippen molar-refractivity contribution in [3.05, 3.63) is 52.8 Å². The Hall–Kier alpha value is -2.47. The van der Waals surface area contributed by atoms with Crippen LogP contribution in [0.1, 0.15) is 18.4 Å². The topological polar surface area (TPSA) is 63.8 Å². The van der Waals surface area contributed by atoms with Gasteiger partial charge in [0.25, 0.3) is 5.91 Å². The summed E-state index contributed by atoms with van der Waals surface area (Å²) in [6.07, 6.45) is 1.72. The zero-order valence-electron chi connectivity index (χ0n) is 12.8. The first kappa shape index (κ1) is 15.4. The van der Waals surface area contributed by atoms with Crippen LogP contribution in [0.2, 0.25) is 0 Å². The fourth-order valence-corrected chi connectivity index (χ4v) is 2.86. The maximum atomic E-state index is 12.0. The number of carbonyl (C=O) groups excluding carboxylic acids is 1. The highest BCUT2D eigenvalue weighted by Crippen LogP contribution is 2.28. The lowest BCUT2D eigenvalue weighted by atomic mass is 10.3. The normalized spacial score (nSPS) is 17.7. The van der Waals surface area contributed by atoms with E-state index in [9.17, 15) is 4.79 Å². The highest BCUT2D eigenvalue weighted by molar-refractivity contribution is 8.18. The van der Waals surface area contributed by atoms with E-state index in [-0.39, 0.29) is 5.91 Å². The summed E-state index contributed by atoms with van der Waals surface area (Å²) in [6.45, 7) is 4.43. The van der Waals surface area contributed by atoms with Crippen molar-refractivity contribution in [2.24, 2.45) is 4.99 Å². The van der Waals surface area contributed by atoms with Crippen molar-refractivity contribution >= 4 is 34.6 Å². The van der Waals surface area contributed by atoms with Gasteiger partial charge in [-0.2, -0.15) is 0 Å². The molecule has 3 rings (SSSR count). The number of thioether (sulfide) groups is 1. The summed E-state index contributed by atoms with van der Waals surface area (Å²) < 4.78 is 10.9. The van der Waals surface area contributed by atoms with E-state index in [0.29, 0.717) is 22.4 Å². The van der Waals surface area contributed by atoms with E-state index in [4.69, 9.17) is 9.15 Å². The van der Waals surface area contributed by atoms with Gasteiger partial charge in [0, 0.05) is 6.08 Å². The van der Waals surface area contributed by atoms with E-state index in [2.05, 4.69) is 10.3 Å².